The van der Waals surface area contributed by atoms with Gasteiger partial charge in [-0.2, -0.15) is 0 Å². The molecule has 2 aliphatic heterocycles. The van der Waals surface area contributed by atoms with E-state index in [2.05, 4.69) is 4.90 Å². The molecule has 0 saturated carbocycles. The van der Waals surface area contributed by atoms with Crippen LogP contribution in [0.4, 0.5) is 10.5 Å². The first-order valence-electron chi connectivity index (χ1n) is 9.37. The number of amides is 2. The van der Waals surface area contributed by atoms with Crippen molar-refractivity contribution in [1.29, 1.82) is 0 Å². The molecule has 2 aliphatic rings. The Morgan fingerprint density at radius 2 is 1.70 bits per heavy atom. The standard InChI is InChI=1S/C21H25N3O3/c1-21(2,3)27-20(26)23-12-10-22(11-13-23)14-24-17-9-5-7-15-6-4-8-16(18(15)17)19(24)25/h4-9H,10-14H2,1-3H3. The number of carbonyl (C=O) groups excluding carboxylic acids is 2. The van der Waals surface area contributed by atoms with Crippen molar-refractivity contribution in [1.82, 2.24) is 9.80 Å². The molecule has 0 bridgehead atoms. The monoisotopic (exact) mass is 367 g/mol. The van der Waals surface area contributed by atoms with Crippen molar-refractivity contribution in [2.75, 3.05) is 37.7 Å². The topological polar surface area (TPSA) is 53.1 Å². The first kappa shape index (κ1) is 17.8. The molecule has 0 spiro atoms. The van der Waals surface area contributed by atoms with E-state index in [1.165, 1.54) is 0 Å². The van der Waals surface area contributed by atoms with Gasteiger partial charge in [0, 0.05) is 37.1 Å². The first-order valence-corrected chi connectivity index (χ1v) is 9.37. The Kier molecular flexibility index (Phi) is 4.30. The van der Waals surface area contributed by atoms with E-state index in [1.54, 1.807) is 4.90 Å². The van der Waals surface area contributed by atoms with Gasteiger partial charge in [-0.25, -0.2) is 4.79 Å². The lowest BCUT2D eigenvalue weighted by atomic mass is 10.1. The van der Waals surface area contributed by atoms with Gasteiger partial charge in [0.2, 0.25) is 0 Å². The summed E-state index contributed by atoms with van der Waals surface area (Å²) in [6.45, 7) is 8.80. The number of piperazine rings is 1. The molecule has 2 aromatic rings. The summed E-state index contributed by atoms with van der Waals surface area (Å²) >= 11 is 0. The van der Waals surface area contributed by atoms with Gasteiger partial charge in [0.1, 0.15) is 5.60 Å². The fourth-order valence-corrected chi connectivity index (χ4v) is 3.72. The van der Waals surface area contributed by atoms with Crippen molar-refractivity contribution in [2.45, 2.75) is 26.4 Å². The van der Waals surface area contributed by atoms with E-state index in [0.29, 0.717) is 19.8 Å². The van der Waals surface area contributed by atoms with E-state index in [1.807, 2.05) is 62.1 Å². The third-order valence-electron chi connectivity index (χ3n) is 5.01. The van der Waals surface area contributed by atoms with E-state index in [4.69, 9.17) is 4.74 Å². The summed E-state index contributed by atoms with van der Waals surface area (Å²) in [5.74, 6) is 0.0522. The van der Waals surface area contributed by atoms with Crippen LogP contribution in [0.2, 0.25) is 0 Å². The number of rotatable bonds is 2. The number of nitrogens with zero attached hydrogens (tertiary/aromatic N) is 3. The average molecular weight is 367 g/mol. The van der Waals surface area contributed by atoms with E-state index >= 15 is 0 Å². The van der Waals surface area contributed by atoms with Crippen LogP contribution < -0.4 is 4.90 Å². The summed E-state index contributed by atoms with van der Waals surface area (Å²) < 4.78 is 5.45. The summed E-state index contributed by atoms with van der Waals surface area (Å²) in [6, 6.07) is 11.9. The van der Waals surface area contributed by atoms with E-state index in [9.17, 15) is 9.59 Å². The van der Waals surface area contributed by atoms with Gasteiger partial charge in [-0.3, -0.25) is 14.6 Å². The molecule has 0 atom stereocenters. The summed E-state index contributed by atoms with van der Waals surface area (Å²) in [6.07, 6.45) is -0.267. The molecule has 27 heavy (non-hydrogen) atoms. The number of benzene rings is 2. The van der Waals surface area contributed by atoms with Crippen LogP contribution >= 0.6 is 0 Å². The normalized spacial score (nSPS) is 17.7. The lowest BCUT2D eigenvalue weighted by molar-refractivity contribution is 0.0145. The van der Waals surface area contributed by atoms with Crippen molar-refractivity contribution < 1.29 is 14.3 Å². The van der Waals surface area contributed by atoms with Gasteiger partial charge in [0.05, 0.1) is 12.4 Å². The smallest absolute Gasteiger partial charge is 0.410 e. The fraction of sp³-hybridized carbons (Fsp3) is 0.429. The maximum Gasteiger partial charge on any atom is 0.410 e. The van der Waals surface area contributed by atoms with Gasteiger partial charge in [-0.05, 0) is 38.3 Å². The molecule has 0 radical (unpaired) electrons. The minimum atomic E-state index is -0.485. The number of ether oxygens (including phenoxy) is 1. The van der Waals surface area contributed by atoms with Crippen LogP contribution in [0.1, 0.15) is 31.1 Å². The summed E-state index contributed by atoms with van der Waals surface area (Å²) in [4.78, 5) is 30.9. The molecule has 1 saturated heterocycles. The van der Waals surface area contributed by atoms with Gasteiger partial charge in [-0.15, -0.1) is 0 Å². The van der Waals surface area contributed by atoms with Gasteiger partial charge in [0.15, 0.2) is 0 Å². The molecule has 0 unspecified atom stereocenters. The number of anilines is 1. The minimum Gasteiger partial charge on any atom is -0.444 e. The van der Waals surface area contributed by atoms with Crippen LogP contribution in [0.25, 0.3) is 10.8 Å². The third-order valence-corrected chi connectivity index (χ3v) is 5.01. The summed E-state index contributed by atoms with van der Waals surface area (Å²) in [5, 5.41) is 2.13. The molecule has 0 N–H and O–H groups in total. The first-order chi connectivity index (χ1) is 12.8. The molecule has 0 aliphatic carbocycles. The number of carbonyl (C=O) groups is 2. The molecule has 2 aromatic carbocycles. The minimum absolute atomic E-state index is 0.0522. The second kappa shape index (κ2) is 6.53. The van der Waals surface area contributed by atoms with E-state index in [-0.39, 0.29) is 12.0 Å². The Balaban J connectivity index is 1.43. The maximum absolute atomic E-state index is 12.9. The second-order valence-corrected chi connectivity index (χ2v) is 8.14. The predicted molar refractivity (Wildman–Crippen MR) is 105 cm³/mol. The molecule has 4 rings (SSSR count). The Bertz CT molecular complexity index is 890. The zero-order valence-corrected chi connectivity index (χ0v) is 16.1. The Morgan fingerprint density at radius 1 is 1.04 bits per heavy atom. The fourth-order valence-electron chi connectivity index (χ4n) is 3.72. The van der Waals surface area contributed by atoms with Crippen LogP contribution in [-0.4, -0.2) is 60.2 Å². The van der Waals surface area contributed by atoms with Gasteiger partial charge in [-0.1, -0.05) is 24.3 Å². The summed E-state index contributed by atoms with van der Waals surface area (Å²) in [5.41, 5.74) is 1.26. The maximum atomic E-state index is 12.9. The van der Waals surface area contributed by atoms with E-state index in [0.717, 1.165) is 35.1 Å². The Morgan fingerprint density at radius 3 is 2.37 bits per heavy atom. The molecular weight excluding hydrogens is 342 g/mol. The van der Waals surface area contributed by atoms with Crippen LogP contribution in [-0.2, 0) is 4.74 Å². The van der Waals surface area contributed by atoms with Crippen molar-refractivity contribution >= 4 is 28.5 Å². The van der Waals surface area contributed by atoms with Crippen LogP contribution in [0, 0.1) is 0 Å². The lowest BCUT2D eigenvalue weighted by Crippen LogP contribution is -2.52. The van der Waals surface area contributed by atoms with Crippen LogP contribution in [0.15, 0.2) is 36.4 Å². The SMILES string of the molecule is CC(C)(C)OC(=O)N1CCN(CN2C(=O)c3cccc4cccc2c34)CC1. The predicted octanol–water partition coefficient (Wildman–Crippen LogP) is 3.31. The Hall–Kier alpha value is -2.60. The second-order valence-electron chi connectivity index (χ2n) is 8.14. The average Bonchev–Trinajstić information content (AvgIpc) is 2.89. The quantitative estimate of drug-likeness (QED) is 0.817. The molecule has 6 heteroatoms. The highest BCUT2D eigenvalue weighted by atomic mass is 16.6. The zero-order valence-electron chi connectivity index (χ0n) is 16.1. The highest BCUT2D eigenvalue weighted by molar-refractivity contribution is 6.24. The van der Waals surface area contributed by atoms with Crippen LogP contribution in [0.3, 0.4) is 0 Å². The third kappa shape index (κ3) is 3.37. The van der Waals surface area contributed by atoms with Crippen molar-refractivity contribution in [3.05, 3.63) is 42.0 Å². The molecule has 1 fully saturated rings. The Labute approximate surface area is 159 Å². The van der Waals surface area contributed by atoms with Crippen molar-refractivity contribution in [3.8, 4) is 0 Å². The molecule has 2 heterocycles. The van der Waals surface area contributed by atoms with Gasteiger partial charge < -0.3 is 9.64 Å². The van der Waals surface area contributed by atoms with Gasteiger partial charge in [0.25, 0.3) is 5.91 Å². The highest BCUT2D eigenvalue weighted by Gasteiger charge is 2.32. The number of hydrogen-bond acceptors (Lipinski definition) is 4. The van der Waals surface area contributed by atoms with Crippen LogP contribution in [0.5, 0.6) is 0 Å². The molecule has 6 nitrogen and oxygen atoms in total. The van der Waals surface area contributed by atoms with E-state index < -0.39 is 5.60 Å². The highest BCUT2D eigenvalue weighted by Crippen LogP contribution is 2.37. The molecule has 0 aromatic heterocycles. The lowest BCUT2D eigenvalue weighted by Gasteiger charge is -2.37. The van der Waals surface area contributed by atoms with Crippen molar-refractivity contribution in [2.24, 2.45) is 0 Å². The van der Waals surface area contributed by atoms with Crippen molar-refractivity contribution in [3.63, 3.8) is 0 Å². The number of hydrogen-bond donors (Lipinski definition) is 0. The largest absolute Gasteiger partial charge is 0.444 e. The molecule has 142 valence electrons. The molecular formula is C21H25N3O3. The molecule has 2 amide bonds. The summed E-state index contributed by atoms with van der Waals surface area (Å²) in [7, 11) is 0. The zero-order chi connectivity index (χ0) is 19.2. The van der Waals surface area contributed by atoms with Gasteiger partial charge >= 0.3 is 6.09 Å².